The molecule has 1 N–H and O–H groups in total. The molecule has 1 saturated heterocycles. The predicted molar refractivity (Wildman–Crippen MR) is 91.0 cm³/mol. The van der Waals surface area contributed by atoms with Gasteiger partial charge in [0.2, 0.25) is 11.7 Å². The summed E-state index contributed by atoms with van der Waals surface area (Å²) in [6.45, 7) is 6.90. The highest BCUT2D eigenvalue weighted by Gasteiger charge is 2.26. The second-order valence-electron chi connectivity index (χ2n) is 7.04. The number of piperidine rings is 1. The molecule has 3 rings (SSSR count). The molecular weight excluding hydrogens is 304 g/mol. The van der Waals surface area contributed by atoms with Crippen molar-refractivity contribution in [1.29, 1.82) is 0 Å². The van der Waals surface area contributed by atoms with Gasteiger partial charge in [0.15, 0.2) is 0 Å². The van der Waals surface area contributed by atoms with Crippen molar-refractivity contribution in [2.75, 3.05) is 13.1 Å². The summed E-state index contributed by atoms with van der Waals surface area (Å²) in [5.41, 5.74) is 0.725. The van der Waals surface area contributed by atoms with E-state index in [9.17, 15) is 5.11 Å². The molecule has 0 aromatic carbocycles. The maximum Gasteiger partial charge on any atom is 0.241 e. The lowest BCUT2D eigenvalue weighted by Crippen LogP contribution is -2.37. The van der Waals surface area contributed by atoms with Crippen LogP contribution in [0.15, 0.2) is 28.9 Å². The Bertz CT molecular complexity index is 621. The zero-order valence-electron chi connectivity index (χ0n) is 14.4. The molecule has 1 fully saturated rings. The molecule has 6 heteroatoms. The zero-order chi connectivity index (χ0) is 16.9. The molecule has 1 aliphatic rings. The smallest absolute Gasteiger partial charge is 0.241 e. The van der Waals surface area contributed by atoms with Crippen LogP contribution in [-0.2, 0) is 6.54 Å². The Morgan fingerprint density at radius 2 is 2.08 bits per heavy atom. The van der Waals surface area contributed by atoms with Gasteiger partial charge in [-0.25, -0.2) is 0 Å². The Hall–Kier alpha value is -1.79. The van der Waals surface area contributed by atoms with Gasteiger partial charge in [0, 0.05) is 6.20 Å². The van der Waals surface area contributed by atoms with E-state index in [0.29, 0.717) is 30.1 Å². The van der Waals surface area contributed by atoms with E-state index >= 15 is 0 Å². The largest absolute Gasteiger partial charge is 0.393 e. The Kier molecular flexibility index (Phi) is 5.58. The first-order valence-electron chi connectivity index (χ1n) is 8.76. The summed E-state index contributed by atoms with van der Waals surface area (Å²) >= 11 is 0. The van der Waals surface area contributed by atoms with Gasteiger partial charge in [0.1, 0.15) is 5.69 Å². The molecule has 0 spiro atoms. The third-order valence-electron chi connectivity index (χ3n) is 4.61. The van der Waals surface area contributed by atoms with E-state index in [4.69, 9.17) is 4.52 Å². The third-order valence-corrected chi connectivity index (χ3v) is 4.61. The second kappa shape index (κ2) is 7.85. The van der Waals surface area contributed by atoms with E-state index < -0.39 is 0 Å². The van der Waals surface area contributed by atoms with E-state index in [0.717, 1.165) is 38.0 Å². The average Bonchev–Trinajstić information content (AvgIpc) is 3.04. The van der Waals surface area contributed by atoms with Crippen molar-refractivity contribution in [3.05, 3.63) is 30.3 Å². The number of aromatic nitrogens is 3. The molecule has 0 radical (unpaired) electrons. The van der Waals surface area contributed by atoms with Crippen LogP contribution >= 0.6 is 0 Å². The summed E-state index contributed by atoms with van der Waals surface area (Å²) in [7, 11) is 0. The van der Waals surface area contributed by atoms with Crippen molar-refractivity contribution in [1.82, 2.24) is 20.0 Å². The number of likely N-dealkylation sites (tertiary alicyclic amines) is 1. The van der Waals surface area contributed by atoms with Gasteiger partial charge in [0.05, 0.1) is 12.6 Å². The van der Waals surface area contributed by atoms with Gasteiger partial charge < -0.3 is 9.63 Å². The topological polar surface area (TPSA) is 75.3 Å². The third kappa shape index (κ3) is 4.39. The number of hydrogen-bond acceptors (Lipinski definition) is 6. The maximum atomic E-state index is 10.3. The van der Waals surface area contributed by atoms with Gasteiger partial charge >= 0.3 is 0 Å². The lowest BCUT2D eigenvalue weighted by Gasteiger charge is -2.33. The number of hydrogen-bond donors (Lipinski definition) is 1. The molecule has 0 amide bonds. The van der Waals surface area contributed by atoms with Gasteiger partial charge in [-0.1, -0.05) is 25.1 Å². The van der Waals surface area contributed by atoms with Crippen LogP contribution in [0, 0.1) is 11.8 Å². The van der Waals surface area contributed by atoms with E-state index in [1.54, 1.807) is 6.20 Å². The van der Waals surface area contributed by atoms with Crippen molar-refractivity contribution in [3.8, 4) is 11.5 Å². The summed E-state index contributed by atoms with van der Waals surface area (Å²) in [4.78, 5) is 11.0. The van der Waals surface area contributed by atoms with Crippen molar-refractivity contribution in [3.63, 3.8) is 0 Å². The van der Waals surface area contributed by atoms with E-state index in [1.807, 2.05) is 18.2 Å². The monoisotopic (exact) mass is 330 g/mol. The minimum atomic E-state index is -0.175. The fourth-order valence-electron chi connectivity index (χ4n) is 3.28. The highest BCUT2D eigenvalue weighted by atomic mass is 16.5. The van der Waals surface area contributed by atoms with Crippen LogP contribution < -0.4 is 0 Å². The molecule has 0 unspecified atom stereocenters. The summed E-state index contributed by atoms with van der Waals surface area (Å²) in [6, 6.07) is 5.64. The number of pyridine rings is 1. The van der Waals surface area contributed by atoms with Crippen LogP contribution in [0.1, 0.15) is 39.0 Å². The molecule has 130 valence electrons. The quantitative estimate of drug-likeness (QED) is 0.878. The van der Waals surface area contributed by atoms with Crippen molar-refractivity contribution < 1.29 is 9.63 Å². The summed E-state index contributed by atoms with van der Waals surface area (Å²) in [5, 5.41) is 14.3. The van der Waals surface area contributed by atoms with E-state index in [2.05, 4.69) is 33.9 Å². The SMILES string of the molecule is CC(C)C[C@H](O)C1CCN(Cc2nc(-c3ccccn3)no2)CC1. The van der Waals surface area contributed by atoms with Crippen molar-refractivity contribution in [2.24, 2.45) is 11.8 Å². The number of aliphatic hydroxyl groups excluding tert-OH is 1. The first kappa shape index (κ1) is 17.0. The standard InChI is InChI=1S/C18H26N4O2/c1-13(2)11-16(23)14-6-9-22(10-7-14)12-17-20-18(21-24-17)15-5-3-4-8-19-15/h3-5,8,13-14,16,23H,6-7,9-12H2,1-2H3/t16-/m0/s1. The minimum absolute atomic E-state index is 0.175. The number of aliphatic hydroxyl groups is 1. The maximum absolute atomic E-state index is 10.3. The van der Waals surface area contributed by atoms with Gasteiger partial charge in [0.25, 0.3) is 0 Å². The van der Waals surface area contributed by atoms with E-state index in [1.165, 1.54) is 0 Å². The second-order valence-corrected chi connectivity index (χ2v) is 7.04. The van der Waals surface area contributed by atoms with Crippen LogP contribution in [0.25, 0.3) is 11.5 Å². The molecule has 1 atom stereocenters. The van der Waals surface area contributed by atoms with Gasteiger partial charge in [-0.2, -0.15) is 4.98 Å². The molecular formula is C18H26N4O2. The Morgan fingerprint density at radius 1 is 1.29 bits per heavy atom. The highest BCUT2D eigenvalue weighted by molar-refractivity contribution is 5.46. The van der Waals surface area contributed by atoms with Gasteiger partial charge in [-0.15, -0.1) is 0 Å². The molecule has 0 bridgehead atoms. The number of nitrogens with zero attached hydrogens (tertiary/aromatic N) is 4. The molecule has 3 heterocycles. The fourth-order valence-corrected chi connectivity index (χ4v) is 3.28. The van der Waals surface area contributed by atoms with E-state index in [-0.39, 0.29) is 6.10 Å². The highest BCUT2D eigenvalue weighted by Crippen LogP contribution is 2.25. The molecule has 6 nitrogen and oxygen atoms in total. The summed E-state index contributed by atoms with van der Waals surface area (Å²) < 4.78 is 5.36. The molecule has 24 heavy (non-hydrogen) atoms. The van der Waals surface area contributed by atoms with Crippen LogP contribution in [0.5, 0.6) is 0 Å². The first-order chi connectivity index (χ1) is 11.6. The minimum Gasteiger partial charge on any atom is -0.393 e. The molecule has 2 aromatic rings. The summed E-state index contributed by atoms with van der Waals surface area (Å²) in [6.07, 6.45) is 4.48. The van der Waals surface area contributed by atoms with Crippen LogP contribution in [0.3, 0.4) is 0 Å². The normalized spacial score (nSPS) is 18.2. The van der Waals surface area contributed by atoms with Crippen LogP contribution in [-0.4, -0.2) is 44.3 Å². The molecule has 2 aromatic heterocycles. The number of rotatable bonds is 6. The molecule has 0 saturated carbocycles. The van der Waals surface area contributed by atoms with Gasteiger partial charge in [-0.3, -0.25) is 9.88 Å². The van der Waals surface area contributed by atoms with Crippen molar-refractivity contribution >= 4 is 0 Å². The molecule has 1 aliphatic heterocycles. The Morgan fingerprint density at radius 3 is 2.75 bits per heavy atom. The van der Waals surface area contributed by atoms with Crippen molar-refractivity contribution in [2.45, 2.75) is 45.8 Å². The average molecular weight is 330 g/mol. The zero-order valence-corrected chi connectivity index (χ0v) is 14.4. The molecule has 0 aliphatic carbocycles. The summed E-state index contributed by atoms with van der Waals surface area (Å²) in [5.74, 6) is 2.11. The van der Waals surface area contributed by atoms with Gasteiger partial charge in [-0.05, 0) is 56.3 Å². The Labute approximate surface area is 142 Å². The lowest BCUT2D eigenvalue weighted by atomic mass is 9.87. The lowest BCUT2D eigenvalue weighted by molar-refractivity contribution is 0.0413. The van der Waals surface area contributed by atoms with Crippen LogP contribution in [0.2, 0.25) is 0 Å². The fraction of sp³-hybridized carbons (Fsp3) is 0.611. The van der Waals surface area contributed by atoms with Crippen LogP contribution in [0.4, 0.5) is 0 Å². The Balaban J connectivity index is 1.51. The first-order valence-corrected chi connectivity index (χ1v) is 8.76. The predicted octanol–water partition coefficient (Wildman–Crippen LogP) is 2.75.